The molecule has 1 aromatic heterocycles. The molecule has 1 rings (SSSR count). The molecular weight excluding hydrogens is 190 g/mol. The summed E-state index contributed by atoms with van der Waals surface area (Å²) in [4.78, 5) is 4.16. The van der Waals surface area contributed by atoms with Crippen molar-refractivity contribution in [1.82, 2.24) is 15.5 Å². The van der Waals surface area contributed by atoms with Crippen molar-refractivity contribution in [3.63, 3.8) is 0 Å². The maximum atomic E-state index is 5.04. The number of hydrogen-bond donors (Lipinski definition) is 1. The Morgan fingerprint density at radius 1 is 1.40 bits per heavy atom. The molecule has 0 radical (unpaired) electrons. The van der Waals surface area contributed by atoms with Crippen LogP contribution in [0.1, 0.15) is 51.2 Å². The first-order chi connectivity index (χ1) is 7.26. The van der Waals surface area contributed by atoms with Gasteiger partial charge in [-0.1, -0.05) is 31.8 Å². The summed E-state index contributed by atoms with van der Waals surface area (Å²) in [5, 5.41) is 7.19. The molecular formula is C11H21N3O. The highest BCUT2D eigenvalue weighted by Gasteiger charge is 2.07. The molecule has 1 aromatic rings. The van der Waals surface area contributed by atoms with Gasteiger partial charge in [0.25, 0.3) is 0 Å². The molecule has 0 amide bonds. The Balaban J connectivity index is 2.27. The van der Waals surface area contributed by atoms with E-state index in [4.69, 9.17) is 4.52 Å². The second kappa shape index (κ2) is 6.56. The third-order valence-corrected chi connectivity index (χ3v) is 2.51. The molecule has 4 heteroatoms. The summed E-state index contributed by atoms with van der Waals surface area (Å²) >= 11 is 0. The smallest absolute Gasteiger partial charge is 0.240 e. The number of aryl methyl sites for hydroxylation is 1. The largest absolute Gasteiger partial charge is 0.338 e. The second-order valence-corrected chi connectivity index (χ2v) is 3.86. The van der Waals surface area contributed by atoms with Crippen molar-refractivity contribution in [2.24, 2.45) is 0 Å². The summed E-state index contributed by atoms with van der Waals surface area (Å²) in [6.45, 7) is 6.94. The van der Waals surface area contributed by atoms with Crippen LogP contribution in [0.5, 0.6) is 0 Å². The third kappa shape index (κ3) is 4.42. The van der Waals surface area contributed by atoms with E-state index in [-0.39, 0.29) is 0 Å². The molecule has 0 bridgehead atoms. The average Bonchev–Trinajstić information content (AvgIpc) is 2.65. The molecule has 0 saturated carbocycles. The highest BCUT2D eigenvalue weighted by atomic mass is 16.5. The fourth-order valence-corrected chi connectivity index (χ4v) is 1.54. The van der Waals surface area contributed by atoms with E-state index >= 15 is 0 Å². The highest BCUT2D eigenvalue weighted by Crippen LogP contribution is 2.05. The van der Waals surface area contributed by atoms with Gasteiger partial charge in [-0.25, -0.2) is 0 Å². The van der Waals surface area contributed by atoms with Crippen molar-refractivity contribution in [2.75, 3.05) is 0 Å². The minimum Gasteiger partial charge on any atom is -0.338 e. The first-order valence-electron chi connectivity index (χ1n) is 5.78. The van der Waals surface area contributed by atoms with Crippen LogP contribution in [0.4, 0.5) is 0 Å². The summed E-state index contributed by atoms with van der Waals surface area (Å²) < 4.78 is 5.04. The maximum Gasteiger partial charge on any atom is 0.240 e. The van der Waals surface area contributed by atoms with Crippen molar-refractivity contribution in [3.05, 3.63) is 11.7 Å². The van der Waals surface area contributed by atoms with E-state index in [2.05, 4.69) is 29.3 Å². The quantitative estimate of drug-likeness (QED) is 0.752. The maximum absolute atomic E-state index is 5.04. The molecule has 0 fully saturated rings. The molecule has 1 atom stereocenters. The van der Waals surface area contributed by atoms with Crippen molar-refractivity contribution >= 4 is 0 Å². The Morgan fingerprint density at radius 2 is 2.20 bits per heavy atom. The second-order valence-electron chi connectivity index (χ2n) is 3.86. The lowest BCUT2D eigenvalue weighted by Crippen LogP contribution is -2.27. The molecule has 1 heterocycles. The van der Waals surface area contributed by atoms with Gasteiger partial charge in [0.05, 0.1) is 6.54 Å². The molecule has 4 nitrogen and oxygen atoms in total. The lowest BCUT2D eigenvalue weighted by atomic mass is 10.1. The fourth-order valence-electron chi connectivity index (χ4n) is 1.54. The van der Waals surface area contributed by atoms with Gasteiger partial charge in [-0.15, -0.1) is 0 Å². The van der Waals surface area contributed by atoms with Gasteiger partial charge in [0.1, 0.15) is 0 Å². The zero-order chi connectivity index (χ0) is 11.1. The Morgan fingerprint density at radius 3 is 2.73 bits per heavy atom. The first kappa shape index (κ1) is 12.2. The topological polar surface area (TPSA) is 51.0 Å². The van der Waals surface area contributed by atoms with Gasteiger partial charge >= 0.3 is 0 Å². The minimum absolute atomic E-state index is 0.567. The van der Waals surface area contributed by atoms with Gasteiger partial charge < -0.3 is 9.84 Å². The van der Waals surface area contributed by atoms with E-state index in [0.717, 1.165) is 6.42 Å². The Hall–Kier alpha value is -0.900. The van der Waals surface area contributed by atoms with Crippen LogP contribution >= 0.6 is 0 Å². The summed E-state index contributed by atoms with van der Waals surface area (Å²) in [6, 6.07) is 0.567. The SMILES string of the molecule is CCCCC(CC)NCc1nc(C)no1. The van der Waals surface area contributed by atoms with E-state index in [0.29, 0.717) is 24.3 Å². The molecule has 0 aromatic carbocycles. The van der Waals surface area contributed by atoms with Crippen LogP contribution in [0.2, 0.25) is 0 Å². The monoisotopic (exact) mass is 211 g/mol. The van der Waals surface area contributed by atoms with Crippen molar-refractivity contribution in [3.8, 4) is 0 Å². The number of nitrogens with zero attached hydrogens (tertiary/aromatic N) is 2. The van der Waals surface area contributed by atoms with E-state index in [1.54, 1.807) is 0 Å². The number of hydrogen-bond acceptors (Lipinski definition) is 4. The van der Waals surface area contributed by atoms with Crippen molar-refractivity contribution in [2.45, 2.75) is 59.0 Å². The number of nitrogens with one attached hydrogen (secondary N) is 1. The molecule has 15 heavy (non-hydrogen) atoms. The molecule has 0 spiro atoms. The Labute approximate surface area is 91.5 Å². The molecule has 0 aliphatic heterocycles. The standard InChI is InChI=1S/C11H21N3O/c1-4-6-7-10(5-2)12-8-11-13-9(3)14-15-11/h10,12H,4-8H2,1-3H3. The van der Waals surface area contributed by atoms with Crippen molar-refractivity contribution < 1.29 is 4.52 Å². The molecule has 1 unspecified atom stereocenters. The fraction of sp³-hybridized carbons (Fsp3) is 0.818. The van der Waals surface area contributed by atoms with Gasteiger partial charge in [-0.3, -0.25) is 0 Å². The van der Waals surface area contributed by atoms with E-state index in [1.165, 1.54) is 19.3 Å². The van der Waals surface area contributed by atoms with Crippen molar-refractivity contribution in [1.29, 1.82) is 0 Å². The molecule has 0 saturated heterocycles. The average molecular weight is 211 g/mol. The van der Waals surface area contributed by atoms with Gasteiger partial charge in [-0.2, -0.15) is 4.98 Å². The van der Waals surface area contributed by atoms with Crippen LogP contribution in [0.15, 0.2) is 4.52 Å². The summed E-state index contributed by atoms with van der Waals surface area (Å²) in [7, 11) is 0. The molecule has 0 aliphatic carbocycles. The van der Waals surface area contributed by atoms with Crippen LogP contribution in [-0.4, -0.2) is 16.2 Å². The minimum atomic E-state index is 0.567. The van der Waals surface area contributed by atoms with Crippen LogP contribution in [0, 0.1) is 6.92 Å². The third-order valence-electron chi connectivity index (χ3n) is 2.51. The summed E-state index contributed by atoms with van der Waals surface area (Å²) in [6.07, 6.45) is 4.89. The Bertz CT molecular complexity index is 273. The predicted molar refractivity (Wildman–Crippen MR) is 59.5 cm³/mol. The lowest BCUT2D eigenvalue weighted by molar-refractivity contribution is 0.346. The normalized spacial score (nSPS) is 13.0. The molecule has 1 N–H and O–H groups in total. The van der Waals surface area contributed by atoms with E-state index in [1.807, 2.05) is 6.92 Å². The number of unbranched alkanes of at least 4 members (excludes halogenated alkanes) is 1. The first-order valence-corrected chi connectivity index (χ1v) is 5.78. The van der Waals surface area contributed by atoms with Crippen LogP contribution in [-0.2, 0) is 6.54 Å². The Kier molecular flexibility index (Phi) is 5.32. The molecule has 86 valence electrons. The van der Waals surface area contributed by atoms with Crippen LogP contribution < -0.4 is 5.32 Å². The zero-order valence-corrected chi connectivity index (χ0v) is 9.92. The number of aromatic nitrogens is 2. The molecule has 0 aliphatic rings. The van der Waals surface area contributed by atoms with Gasteiger partial charge in [-0.05, 0) is 19.8 Å². The number of rotatable bonds is 7. The van der Waals surface area contributed by atoms with Crippen LogP contribution in [0.25, 0.3) is 0 Å². The lowest BCUT2D eigenvalue weighted by Gasteiger charge is -2.14. The summed E-state index contributed by atoms with van der Waals surface area (Å²) in [5.74, 6) is 1.39. The van der Waals surface area contributed by atoms with Crippen LogP contribution in [0.3, 0.4) is 0 Å². The van der Waals surface area contributed by atoms with Gasteiger partial charge in [0.15, 0.2) is 5.82 Å². The van der Waals surface area contributed by atoms with Gasteiger partial charge in [0.2, 0.25) is 5.89 Å². The summed E-state index contributed by atoms with van der Waals surface area (Å²) in [5.41, 5.74) is 0. The zero-order valence-electron chi connectivity index (χ0n) is 9.92. The predicted octanol–water partition coefficient (Wildman–Crippen LogP) is 2.44. The van der Waals surface area contributed by atoms with E-state index in [9.17, 15) is 0 Å². The van der Waals surface area contributed by atoms with Gasteiger partial charge in [0, 0.05) is 6.04 Å². The van der Waals surface area contributed by atoms with E-state index < -0.39 is 0 Å². The highest BCUT2D eigenvalue weighted by molar-refractivity contribution is 4.82.